The summed E-state index contributed by atoms with van der Waals surface area (Å²) >= 11 is 0. The molecule has 2 aromatic rings. The molecule has 2 heterocycles. The molecule has 2 atom stereocenters. The highest BCUT2D eigenvalue weighted by molar-refractivity contribution is 6.44. The Morgan fingerprint density at radius 1 is 1.22 bits per heavy atom. The zero-order valence-electron chi connectivity index (χ0n) is 19.0. The first-order chi connectivity index (χ1) is 15.3. The number of benzene rings is 1. The lowest BCUT2D eigenvalue weighted by atomic mass is 9.85. The van der Waals surface area contributed by atoms with E-state index in [0.717, 1.165) is 0 Å². The van der Waals surface area contributed by atoms with Crippen LogP contribution in [0.25, 0.3) is 0 Å². The van der Waals surface area contributed by atoms with Crippen LogP contribution in [-0.4, -0.2) is 54.2 Å². The smallest absolute Gasteiger partial charge is 0.291 e. The Balaban J connectivity index is 1.94. The van der Waals surface area contributed by atoms with Gasteiger partial charge in [0.05, 0.1) is 12.6 Å². The van der Waals surface area contributed by atoms with Gasteiger partial charge in [-0.2, -0.15) is 0 Å². The van der Waals surface area contributed by atoms with Crippen molar-refractivity contribution in [3.63, 3.8) is 0 Å². The lowest BCUT2D eigenvalue weighted by Gasteiger charge is -2.27. The van der Waals surface area contributed by atoms with Gasteiger partial charge in [0.15, 0.2) is 5.78 Å². The quantitative estimate of drug-likeness (QED) is 0.245. The van der Waals surface area contributed by atoms with E-state index in [1.165, 1.54) is 4.90 Å². The summed E-state index contributed by atoms with van der Waals surface area (Å²) in [5, 5.41) is 0. The van der Waals surface area contributed by atoms with E-state index in [1.54, 1.807) is 49.8 Å². The Labute approximate surface area is 188 Å². The van der Waals surface area contributed by atoms with E-state index in [2.05, 4.69) is 18.8 Å². The molecule has 0 saturated carbocycles. The van der Waals surface area contributed by atoms with Gasteiger partial charge in [0, 0.05) is 38.2 Å². The molecule has 7 heteroatoms. The molecule has 1 aromatic heterocycles. The Kier molecular flexibility index (Phi) is 7.75. The van der Waals surface area contributed by atoms with E-state index >= 15 is 0 Å². The van der Waals surface area contributed by atoms with E-state index in [4.69, 9.17) is 9.47 Å². The first-order valence-electron chi connectivity index (χ1n) is 10.9. The van der Waals surface area contributed by atoms with Crippen LogP contribution < -0.4 is 4.74 Å². The molecule has 0 bridgehead atoms. The van der Waals surface area contributed by atoms with Gasteiger partial charge in [-0.3, -0.25) is 19.4 Å². The fourth-order valence-electron chi connectivity index (χ4n) is 3.96. The number of hydrogen-bond donors (Lipinski definition) is 0. The number of pyridine rings is 1. The minimum absolute atomic E-state index is 0.322. The number of Topliss-reactive ketones (excluding diaryl/α,β-unsaturated/α-hetero) is 2. The normalized spacial score (nSPS) is 18.5. The number of carbonyl (C=O) groups excluding carboxylic acids is 3. The predicted molar refractivity (Wildman–Crippen MR) is 120 cm³/mol. The third-order valence-electron chi connectivity index (χ3n) is 5.51. The zero-order valence-corrected chi connectivity index (χ0v) is 19.0. The Morgan fingerprint density at radius 2 is 2.00 bits per heavy atom. The van der Waals surface area contributed by atoms with Crippen LogP contribution in [0.15, 0.2) is 42.7 Å². The molecule has 0 spiro atoms. The van der Waals surface area contributed by atoms with Gasteiger partial charge in [-0.1, -0.05) is 19.9 Å². The van der Waals surface area contributed by atoms with Gasteiger partial charge in [-0.15, -0.1) is 0 Å². The molecule has 7 nitrogen and oxygen atoms in total. The minimum atomic E-state index is -1.12. The molecule has 32 heavy (non-hydrogen) atoms. The fraction of sp³-hybridized carbons (Fsp3) is 0.440. The molecule has 1 fully saturated rings. The molecule has 0 N–H and O–H groups in total. The van der Waals surface area contributed by atoms with E-state index in [1.807, 2.05) is 6.92 Å². The Bertz CT molecular complexity index is 974. The molecular weight excluding hydrogens is 408 g/mol. The maximum Gasteiger partial charge on any atom is 0.291 e. The third kappa shape index (κ3) is 5.05. The number of methoxy groups -OCH3 is 1. The largest absolute Gasteiger partial charge is 0.493 e. The third-order valence-corrected chi connectivity index (χ3v) is 5.51. The number of ether oxygens (including phenoxy) is 2. The zero-order chi connectivity index (χ0) is 23.3. The second-order valence-corrected chi connectivity index (χ2v) is 8.46. The Morgan fingerprint density at radius 3 is 2.62 bits per heavy atom. The van der Waals surface area contributed by atoms with Crippen LogP contribution in [-0.2, 0) is 14.3 Å². The highest BCUT2D eigenvalue weighted by atomic mass is 16.5. The van der Waals surface area contributed by atoms with Gasteiger partial charge >= 0.3 is 0 Å². The van der Waals surface area contributed by atoms with Crippen LogP contribution in [0.4, 0.5) is 0 Å². The second-order valence-electron chi connectivity index (χ2n) is 8.46. The Hall–Kier alpha value is -3.06. The van der Waals surface area contributed by atoms with Crippen molar-refractivity contribution in [2.45, 2.75) is 33.2 Å². The van der Waals surface area contributed by atoms with Crippen LogP contribution in [0.2, 0.25) is 0 Å². The van der Waals surface area contributed by atoms with Crippen LogP contribution in [0, 0.1) is 18.8 Å². The highest BCUT2D eigenvalue weighted by Crippen LogP contribution is 2.38. The summed E-state index contributed by atoms with van der Waals surface area (Å²) in [7, 11) is 1.58. The molecule has 1 amide bonds. The van der Waals surface area contributed by atoms with Crippen molar-refractivity contribution < 1.29 is 23.9 Å². The molecule has 3 rings (SSSR count). The van der Waals surface area contributed by atoms with Gasteiger partial charge in [-0.25, -0.2) is 0 Å². The number of amides is 1. The molecule has 1 aliphatic rings. The van der Waals surface area contributed by atoms with Crippen molar-refractivity contribution in [2.24, 2.45) is 11.8 Å². The van der Waals surface area contributed by atoms with Crippen LogP contribution in [0.3, 0.4) is 0 Å². The molecule has 2 unspecified atom stereocenters. The fourth-order valence-corrected chi connectivity index (χ4v) is 3.96. The van der Waals surface area contributed by atoms with Crippen molar-refractivity contribution in [1.82, 2.24) is 9.88 Å². The number of carbonyl (C=O) groups is 3. The highest BCUT2D eigenvalue weighted by Gasteiger charge is 2.51. The first-order valence-corrected chi connectivity index (χ1v) is 10.9. The summed E-state index contributed by atoms with van der Waals surface area (Å²) in [4.78, 5) is 45.1. The van der Waals surface area contributed by atoms with Crippen molar-refractivity contribution in [2.75, 3.05) is 26.9 Å². The number of ketones is 2. The van der Waals surface area contributed by atoms with Crippen molar-refractivity contribution in [3.8, 4) is 5.75 Å². The first kappa shape index (κ1) is 23.6. The van der Waals surface area contributed by atoms with Gasteiger partial charge in [0.1, 0.15) is 11.7 Å². The van der Waals surface area contributed by atoms with Crippen LogP contribution in [0.5, 0.6) is 5.75 Å². The van der Waals surface area contributed by atoms with Gasteiger partial charge in [-0.05, 0) is 54.7 Å². The van der Waals surface area contributed by atoms with E-state index in [0.29, 0.717) is 54.5 Å². The molecule has 0 radical (unpaired) electrons. The average molecular weight is 439 g/mol. The van der Waals surface area contributed by atoms with Crippen LogP contribution in [0.1, 0.15) is 47.8 Å². The van der Waals surface area contributed by atoms with E-state index in [9.17, 15) is 14.4 Å². The topological polar surface area (TPSA) is 85.8 Å². The van der Waals surface area contributed by atoms with Gasteiger partial charge in [0.2, 0.25) is 5.78 Å². The molecular formula is C25H30N2O5. The SMILES string of the molecule is COCCCN1C(=O)C(=O)C(C(=O)c2ccc(OCC(C)C)cc2C)C1c1cccnc1. The summed E-state index contributed by atoms with van der Waals surface area (Å²) in [6, 6.07) is 8.06. The summed E-state index contributed by atoms with van der Waals surface area (Å²) in [6.07, 6.45) is 3.79. The molecule has 170 valence electrons. The predicted octanol–water partition coefficient (Wildman–Crippen LogP) is 3.41. The molecule has 1 aromatic carbocycles. The standard InChI is InChI=1S/C25H30N2O5/c1-16(2)15-32-19-8-9-20(17(3)13-19)23(28)21-22(18-7-5-10-26-14-18)27(11-6-12-31-4)25(30)24(21)29/h5,7-10,13-14,16,21-22H,6,11-12,15H2,1-4H3. The van der Waals surface area contributed by atoms with E-state index < -0.39 is 23.7 Å². The monoisotopic (exact) mass is 438 g/mol. The summed E-state index contributed by atoms with van der Waals surface area (Å²) in [5.74, 6) is -1.74. The number of likely N-dealkylation sites (tertiary alicyclic amines) is 1. The van der Waals surface area contributed by atoms with E-state index in [-0.39, 0.29) is 5.78 Å². The van der Waals surface area contributed by atoms with Crippen molar-refractivity contribution >= 4 is 17.5 Å². The maximum atomic E-state index is 13.6. The van der Waals surface area contributed by atoms with Gasteiger partial charge in [0.25, 0.3) is 5.91 Å². The van der Waals surface area contributed by atoms with Crippen molar-refractivity contribution in [3.05, 3.63) is 59.4 Å². The van der Waals surface area contributed by atoms with Gasteiger partial charge < -0.3 is 14.4 Å². The number of aryl methyl sites for hydroxylation is 1. The summed E-state index contributed by atoms with van der Waals surface area (Å²) in [5.41, 5.74) is 1.79. The number of nitrogens with zero attached hydrogens (tertiary/aromatic N) is 2. The second kappa shape index (κ2) is 10.5. The maximum absolute atomic E-state index is 13.6. The lowest BCUT2D eigenvalue weighted by molar-refractivity contribution is -0.140. The molecule has 1 saturated heterocycles. The molecule has 0 aliphatic carbocycles. The average Bonchev–Trinajstić information content (AvgIpc) is 3.03. The number of hydrogen-bond acceptors (Lipinski definition) is 6. The van der Waals surface area contributed by atoms with Crippen LogP contribution >= 0.6 is 0 Å². The lowest BCUT2D eigenvalue weighted by Crippen LogP contribution is -2.32. The summed E-state index contributed by atoms with van der Waals surface area (Å²) in [6.45, 7) is 7.28. The number of rotatable bonds is 10. The number of aromatic nitrogens is 1. The molecule has 1 aliphatic heterocycles. The summed E-state index contributed by atoms with van der Waals surface area (Å²) < 4.78 is 10.8. The minimum Gasteiger partial charge on any atom is -0.493 e. The van der Waals surface area contributed by atoms with Crippen molar-refractivity contribution in [1.29, 1.82) is 0 Å².